The second-order valence-corrected chi connectivity index (χ2v) is 5.48. The van der Waals surface area contributed by atoms with E-state index in [0.717, 1.165) is 7.11 Å². The fourth-order valence-electron chi connectivity index (χ4n) is 0.775. The molecule has 1 rings (SSSR count). The van der Waals surface area contributed by atoms with Gasteiger partial charge in [0.15, 0.2) is 0 Å². The highest BCUT2D eigenvalue weighted by Crippen LogP contribution is 2.20. The van der Waals surface area contributed by atoms with Crippen LogP contribution >= 0.6 is 27.5 Å². The van der Waals surface area contributed by atoms with E-state index in [-0.39, 0.29) is 5.75 Å². The lowest BCUT2D eigenvalue weighted by molar-refractivity contribution is 0.396. The number of rotatable bonds is 3. The maximum atomic E-state index is 11.1. The van der Waals surface area contributed by atoms with Gasteiger partial charge in [-0.15, -0.1) is 0 Å². The van der Waals surface area contributed by atoms with Gasteiger partial charge in [0.2, 0.25) is 0 Å². The predicted octanol–water partition coefficient (Wildman–Crippen LogP) is 1.97. The molecule has 0 unspecified atom stereocenters. The Morgan fingerprint density at radius 1 is 1.64 bits per heavy atom. The van der Waals surface area contributed by atoms with Crippen LogP contribution in [0.25, 0.3) is 0 Å². The van der Waals surface area contributed by atoms with Crippen molar-refractivity contribution in [1.82, 2.24) is 4.98 Å². The van der Waals surface area contributed by atoms with E-state index < -0.39 is 10.1 Å². The van der Waals surface area contributed by atoms with Crippen LogP contribution in [0.3, 0.4) is 0 Å². The first-order valence-corrected chi connectivity index (χ1v) is 6.27. The Hall–Kier alpha value is -0.170. The molecule has 0 radical (unpaired) electrons. The van der Waals surface area contributed by atoms with Crippen molar-refractivity contribution in [2.45, 2.75) is 5.75 Å². The summed E-state index contributed by atoms with van der Waals surface area (Å²) >= 11 is 8.81. The van der Waals surface area contributed by atoms with Gasteiger partial charge < -0.3 is 0 Å². The van der Waals surface area contributed by atoms with Gasteiger partial charge in [-0.2, -0.15) is 8.42 Å². The lowest BCUT2D eigenvalue weighted by atomic mass is 10.4. The topological polar surface area (TPSA) is 56.3 Å². The molecule has 0 amide bonds. The Bertz CT molecular complexity index is 435. The summed E-state index contributed by atoms with van der Waals surface area (Å²) in [6.07, 6.45) is 1.38. The van der Waals surface area contributed by atoms with Crippen molar-refractivity contribution in [3.8, 4) is 0 Å². The van der Waals surface area contributed by atoms with Gasteiger partial charge in [-0.05, 0) is 22.0 Å². The number of pyridine rings is 1. The molecular weight excluding hydrogens is 294 g/mol. The molecule has 0 saturated carbocycles. The highest BCUT2D eigenvalue weighted by Gasteiger charge is 2.13. The van der Waals surface area contributed by atoms with Crippen molar-refractivity contribution in [3.05, 3.63) is 27.5 Å². The van der Waals surface area contributed by atoms with Crippen LogP contribution in [0.2, 0.25) is 5.02 Å². The Morgan fingerprint density at radius 3 is 2.79 bits per heavy atom. The van der Waals surface area contributed by atoms with E-state index in [2.05, 4.69) is 25.1 Å². The fraction of sp³-hybridized carbons (Fsp3) is 0.286. The van der Waals surface area contributed by atoms with Crippen LogP contribution in [-0.4, -0.2) is 20.5 Å². The molecule has 0 atom stereocenters. The number of nitrogens with zero attached hydrogens (tertiary/aromatic N) is 1. The van der Waals surface area contributed by atoms with Gasteiger partial charge in [0.25, 0.3) is 10.1 Å². The summed E-state index contributed by atoms with van der Waals surface area (Å²) in [6.45, 7) is 0. The molecule has 4 nitrogen and oxygen atoms in total. The molecule has 14 heavy (non-hydrogen) atoms. The Labute approximate surface area is 95.5 Å². The second-order valence-electron chi connectivity index (χ2n) is 2.45. The number of halogens is 2. The highest BCUT2D eigenvalue weighted by molar-refractivity contribution is 9.10. The number of hydrogen-bond acceptors (Lipinski definition) is 4. The standard InChI is InChI=1S/C7H7BrClNO3S/c1-13-14(11,12)4-7-6(8)2-5(9)3-10-7/h2-3H,4H2,1H3. The number of hydrogen-bond donors (Lipinski definition) is 0. The minimum atomic E-state index is -3.54. The highest BCUT2D eigenvalue weighted by atomic mass is 79.9. The van der Waals surface area contributed by atoms with Crippen LogP contribution in [-0.2, 0) is 20.1 Å². The first kappa shape index (κ1) is 11.9. The second kappa shape index (κ2) is 4.57. The monoisotopic (exact) mass is 299 g/mol. The van der Waals surface area contributed by atoms with Crippen molar-refractivity contribution in [2.24, 2.45) is 0 Å². The summed E-state index contributed by atoms with van der Waals surface area (Å²) < 4.78 is 27.0. The summed E-state index contributed by atoms with van der Waals surface area (Å²) in [4.78, 5) is 3.87. The molecule has 0 saturated heterocycles. The molecule has 0 aliphatic heterocycles. The summed E-state index contributed by atoms with van der Waals surface area (Å²) in [5.74, 6) is -0.277. The fourth-order valence-corrected chi connectivity index (χ4v) is 2.42. The molecule has 1 aromatic rings. The van der Waals surface area contributed by atoms with Crippen LogP contribution in [0.15, 0.2) is 16.7 Å². The van der Waals surface area contributed by atoms with Gasteiger partial charge in [-0.3, -0.25) is 9.17 Å². The third kappa shape index (κ3) is 3.20. The van der Waals surface area contributed by atoms with Gasteiger partial charge in [-0.1, -0.05) is 11.6 Å². The molecule has 7 heteroatoms. The van der Waals surface area contributed by atoms with Crippen molar-refractivity contribution in [1.29, 1.82) is 0 Å². The Morgan fingerprint density at radius 2 is 2.29 bits per heavy atom. The van der Waals surface area contributed by atoms with Crippen molar-refractivity contribution in [2.75, 3.05) is 7.11 Å². The summed E-state index contributed by atoms with van der Waals surface area (Å²) in [7, 11) is -2.43. The molecule has 0 fully saturated rings. The minimum absolute atomic E-state index is 0.277. The number of aromatic nitrogens is 1. The zero-order valence-corrected chi connectivity index (χ0v) is 10.4. The molecule has 0 spiro atoms. The van der Waals surface area contributed by atoms with E-state index in [0.29, 0.717) is 15.2 Å². The van der Waals surface area contributed by atoms with Gasteiger partial charge in [0, 0.05) is 10.7 Å². The molecule has 0 bridgehead atoms. The molecule has 0 N–H and O–H groups in total. The third-order valence-electron chi connectivity index (χ3n) is 1.45. The molecule has 1 aromatic heterocycles. The molecule has 1 heterocycles. The lowest BCUT2D eigenvalue weighted by Gasteiger charge is -2.03. The van der Waals surface area contributed by atoms with E-state index in [1.807, 2.05) is 0 Å². The molecular formula is C7H7BrClNO3S. The summed E-state index contributed by atoms with van der Waals surface area (Å²) in [5.41, 5.74) is 0.372. The van der Waals surface area contributed by atoms with Crippen molar-refractivity contribution < 1.29 is 12.6 Å². The Balaban J connectivity index is 2.99. The third-order valence-corrected chi connectivity index (χ3v) is 3.48. The van der Waals surface area contributed by atoms with Gasteiger partial charge in [0.05, 0.1) is 17.8 Å². The van der Waals surface area contributed by atoms with Crippen LogP contribution in [0.5, 0.6) is 0 Å². The van der Waals surface area contributed by atoms with Crippen LogP contribution in [0.1, 0.15) is 5.69 Å². The molecule has 78 valence electrons. The van der Waals surface area contributed by atoms with E-state index >= 15 is 0 Å². The maximum Gasteiger partial charge on any atom is 0.272 e. The zero-order valence-electron chi connectivity index (χ0n) is 7.20. The Kier molecular flexibility index (Phi) is 3.88. The predicted molar refractivity (Wildman–Crippen MR) is 56.6 cm³/mol. The summed E-state index contributed by atoms with van der Waals surface area (Å²) in [5, 5.41) is 0.440. The quantitative estimate of drug-likeness (QED) is 0.801. The maximum absolute atomic E-state index is 11.1. The molecule has 0 aromatic carbocycles. The van der Waals surface area contributed by atoms with E-state index in [4.69, 9.17) is 11.6 Å². The van der Waals surface area contributed by atoms with E-state index in [1.54, 1.807) is 6.07 Å². The van der Waals surface area contributed by atoms with Crippen LogP contribution < -0.4 is 0 Å². The molecule has 0 aliphatic rings. The summed E-state index contributed by atoms with van der Waals surface area (Å²) in [6, 6.07) is 1.58. The van der Waals surface area contributed by atoms with E-state index in [1.165, 1.54) is 6.20 Å². The normalized spacial score (nSPS) is 11.6. The van der Waals surface area contributed by atoms with Crippen LogP contribution in [0.4, 0.5) is 0 Å². The minimum Gasteiger partial charge on any atom is -0.273 e. The van der Waals surface area contributed by atoms with Gasteiger partial charge in [0.1, 0.15) is 5.75 Å². The first-order chi connectivity index (χ1) is 6.44. The SMILES string of the molecule is COS(=O)(=O)Cc1ncc(Cl)cc1Br. The average molecular weight is 301 g/mol. The largest absolute Gasteiger partial charge is 0.273 e. The molecule has 0 aliphatic carbocycles. The van der Waals surface area contributed by atoms with Crippen molar-refractivity contribution in [3.63, 3.8) is 0 Å². The van der Waals surface area contributed by atoms with E-state index in [9.17, 15) is 8.42 Å². The average Bonchev–Trinajstić information content (AvgIpc) is 2.10. The zero-order chi connectivity index (χ0) is 10.8. The van der Waals surface area contributed by atoms with Crippen LogP contribution in [0, 0.1) is 0 Å². The lowest BCUT2D eigenvalue weighted by Crippen LogP contribution is -2.07. The van der Waals surface area contributed by atoms with Crippen molar-refractivity contribution >= 4 is 37.6 Å². The smallest absolute Gasteiger partial charge is 0.272 e. The van der Waals surface area contributed by atoms with Gasteiger partial charge >= 0.3 is 0 Å². The first-order valence-electron chi connectivity index (χ1n) is 3.53. The van der Waals surface area contributed by atoms with Gasteiger partial charge in [-0.25, -0.2) is 0 Å².